The summed E-state index contributed by atoms with van der Waals surface area (Å²) in [6.07, 6.45) is 6.48. The van der Waals surface area contributed by atoms with Gasteiger partial charge in [-0.3, -0.25) is 4.98 Å². The summed E-state index contributed by atoms with van der Waals surface area (Å²) in [5.41, 5.74) is 3.82. The molecular formula is C28H27F2IN6O. The van der Waals surface area contributed by atoms with E-state index >= 15 is 0 Å². The minimum absolute atomic E-state index is 0.203. The second-order valence-corrected chi connectivity index (χ2v) is 12.1. The minimum atomic E-state index is -2.64. The molecule has 10 heteroatoms. The molecule has 196 valence electrons. The van der Waals surface area contributed by atoms with Crippen molar-refractivity contribution in [1.82, 2.24) is 20.2 Å². The summed E-state index contributed by atoms with van der Waals surface area (Å²) in [5.74, 6) is -1.32. The van der Waals surface area contributed by atoms with E-state index in [1.54, 1.807) is 6.20 Å². The average molecular weight is 628 g/mol. The summed E-state index contributed by atoms with van der Waals surface area (Å²) in [5, 5.41) is 9.63. The molecular weight excluding hydrogens is 601 g/mol. The zero-order valence-electron chi connectivity index (χ0n) is 20.8. The number of hydrogen-bond acceptors (Lipinski definition) is 7. The molecule has 1 aromatic carbocycles. The fourth-order valence-corrected chi connectivity index (χ4v) is 6.20. The fourth-order valence-electron chi connectivity index (χ4n) is 5.72. The van der Waals surface area contributed by atoms with Crippen LogP contribution in [0.15, 0.2) is 47.0 Å². The highest BCUT2D eigenvalue weighted by atomic mass is 127. The molecule has 0 radical (unpaired) electrons. The van der Waals surface area contributed by atoms with Crippen molar-refractivity contribution in [3.63, 3.8) is 0 Å². The molecule has 1 aliphatic carbocycles. The Balaban J connectivity index is 1.23. The Labute approximate surface area is 232 Å². The lowest BCUT2D eigenvalue weighted by atomic mass is 9.93. The van der Waals surface area contributed by atoms with Crippen LogP contribution in [0, 0.1) is 8.99 Å². The number of aromatic nitrogens is 4. The Morgan fingerprint density at radius 3 is 2.34 bits per heavy atom. The second kappa shape index (κ2) is 9.10. The number of alkyl halides is 2. The average Bonchev–Trinajstić information content (AvgIpc) is 3.49. The number of rotatable bonds is 4. The number of piperidine rings is 2. The Hall–Kier alpha value is -2.89. The van der Waals surface area contributed by atoms with Gasteiger partial charge in [0.1, 0.15) is 11.2 Å². The quantitative estimate of drug-likeness (QED) is 0.237. The molecule has 7 nitrogen and oxygen atoms in total. The first kappa shape index (κ1) is 24.2. The van der Waals surface area contributed by atoms with Crippen molar-refractivity contribution in [2.24, 2.45) is 5.41 Å². The van der Waals surface area contributed by atoms with E-state index in [1.807, 2.05) is 29.2 Å². The number of hydrogen-bond donors (Lipinski definition) is 0. The zero-order chi connectivity index (χ0) is 25.9. The van der Waals surface area contributed by atoms with Gasteiger partial charge in [-0.05, 0) is 84.0 Å². The lowest BCUT2D eigenvalue weighted by Crippen LogP contribution is -2.40. The molecule has 4 aromatic rings. The summed E-state index contributed by atoms with van der Waals surface area (Å²) in [6.45, 7) is 2.50. The van der Waals surface area contributed by atoms with Crippen molar-refractivity contribution in [2.75, 3.05) is 36.0 Å². The lowest BCUT2D eigenvalue weighted by Gasteiger charge is -2.34. The highest BCUT2D eigenvalue weighted by Gasteiger charge is 2.44. The predicted octanol–water partition coefficient (Wildman–Crippen LogP) is 6.57. The van der Waals surface area contributed by atoms with Crippen molar-refractivity contribution in [3.05, 3.63) is 46.2 Å². The molecule has 3 aromatic heterocycles. The smallest absolute Gasteiger partial charge is 0.266 e. The van der Waals surface area contributed by atoms with Crippen LogP contribution in [-0.4, -0.2) is 52.3 Å². The van der Waals surface area contributed by atoms with Crippen molar-refractivity contribution in [1.29, 1.82) is 0 Å². The number of nitrogens with zero attached hydrogens (tertiary/aromatic N) is 6. The Bertz CT molecular complexity index is 1500. The molecule has 3 fully saturated rings. The molecule has 0 amide bonds. The standard InChI is InChI=1S/C28H27F2IN6O/c29-28(30)9-14-37(15-10-28)24-23-18(2-1-11-32-23)16-21(33-24)26-35-34-25(38-26)20-4-3-19(31)17-22(20)36-12-7-27(5-6-27)8-13-36/h1-4,11,16-17H,5-10,12-15H2. The van der Waals surface area contributed by atoms with Crippen LogP contribution in [0.25, 0.3) is 33.9 Å². The second-order valence-electron chi connectivity index (χ2n) is 10.8. The molecule has 1 saturated carbocycles. The van der Waals surface area contributed by atoms with Crippen molar-refractivity contribution in [2.45, 2.75) is 44.4 Å². The first-order valence-corrected chi connectivity index (χ1v) is 14.2. The van der Waals surface area contributed by atoms with Crippen molar-refractivity contribution in [3.8, 4) is 23.0 Å². The molecule has 0 bridgehead atoms. The van der Waals surface area contributed by atoms with E-state index in [-0.39, 0.29) is 25.9 Å². The summed E-state index contributed by atoms with van der Waals surface area (Å²) < 4.78 is 35.1. The Kier molecular flexibility index (Phi) is 5.79. The lowest BCUT2D eigenvalue weighted by molar-refractivity contribution is -0.0221. The molecule has 0 atom stereocenters. The van der Waals surface area contributed by atoms with Crippen LogP contribution in [-0.2, 0) is 0 Å². The van der Waals surface area contributed by atoms with Crippen LogP contribution in [0.5, 0.6) is 0 Å². The summed E-state index contributed by atoms with van der Waals surface area (Å²) >= 11 is 2.35. The van der Waals surface area contributed by atoms with Crippen LogP contribution >= 0.6 is 22.6 Å². The SMILES string of the molecule is FC1(F)CCN(c2nc(-c3nnc(-c4ccc(I)cc4N4CCC5(CC4)CC5)o3)cc3cccnc23)CC1. The summed E-state index contributed by atoms with van der Waals surface area (Å²) in [4.78, 5) is 13.6. The van der Waals surface area contributed by atoms with E-state index in [1.165, 1.54) is 25.7 Å². The number of anilines is 2. The third kappa shape index (κ3) is 4.50. The Morgan fingerprint density at radius 2 is 1.58 bits per heavy atom. The maximum Gasteiger partial charge on any atom is 0.266 e. The van der Waals surface area contributed by atoms with Gasteiger partial charge in [0.2, 0.25) is 5.89 Å². The van der Waals surface area contributed by atoms with Gasteiger partial charge in [0, 0.05) is 54.2 Å². The molecule has 7 rings (SSSR count). The monoisotopic (exact) mass is 628 g/mol. The van der Waals surface area contributed by atoms with Gasteiger partial charge in [-0.1, -0.05) is 6.07 Å². The van der Waals surface area contributed by atoms with Crippen LogP contribution in [0.2, 0.25) is 0 Å². The highest BCUT2D eigenvalue weighted by Crippen LogP contribution is 2.54. The normalized spacial score (nSPS) is 20.3. The van der Waals surface area contributed by atoms with Crippen LogP contribution in [0.3, 0.4) is 0 Å². The Morgan fingerprint density at radius 1 is 0.842 bits per heavy atom. The first-order chi connectivity index (χ1) is 18.4. The third-order valence-corrected chi connectivity index (χ3v) is 8.99. The van der Waals surface area contributed by atoms with Gasteiger partial charge >= 0.3 is 0 Å². The number of pyridine rings is 2. The molecule has 1 spiro atoms. The molecule has 2 saturated heterocycles. The van der Waals surface area contributed by atoms with Crippen LogP contribution in [0.1, 0.15) is 38.5 Å². The molecule has 2 aliphatic heterocycles. The van der Waals surface area contributed by atoms with Crippen molar-refractivity contribution < 1.29 is 13.2 Å². The molecule has 5 heterocycles. The predicted molar refractivity (Wildman–Crippen MR) is 150 cm³/mol. The van der Waals surface area contributed by atoms with Gasteiger partial charge in [0.05, 0.1) is 11.3 Å². The van der Waals surface area contributed by atoms with Gasteiger partial charge in [0.15, 0.2) is 5.82 Å². The van der Waals surface area contributed by atoms with E-state index in [0.717, 1.165) is 33.3 Å². The van der Waals surface area contributed by atoms with Gasteiger partial charge in [-0.15, -0.1) is 10.2 Å². The van der Waals surface area contributed by atoms with Gasteiger partial charge in [0.25, 0.3) is 11.8 Å². The van der Waals surface area contributed by atoms with E-state index in [9.17, 15) is 8.78 Å². The maximum atomic E-state index is 13.8. The van der Waals surface area contributed by atoms with Gasteiger partial charge in [-0.25, -0.2) is 13.8 Å². The maximum absolute atomic E-state index is 13.8. The third-order valence-electron chi connectivity index (χ3n) is 8.32. The molecule has 3 aliphatic rings. The van der Waals surface area contributed by atoms with E-state index in [0.29, 0.717) is 34.2 Å². The van der Waals surface area contributed by atoms with E-state index in [2.05, 4.69) is 54.8 Å². The number of fused-ring (bicyclic) bond motifs is 1. The highest BCUT2D eigenvalue weighted by molar-refractivity contribution is 14.1. The zero-order valence-corrected chi connectivity index (χ0v) is 23.0. The summed E-state index contributed by atoms with van der Waals surface area (Å²) in [6, 6.07) is 12.0. The van der Waals surface area contributed by atoms with E-state index in [4.69, 9.17) is 9.40 Å². The van der Waals surface area contributed by atoms with Crippen LogP contribution < -0.4 is 9.80 Å². The van der Waals surface area contributed by atoms with Crippen LogP contribution in [0.4, 0.5) is 20.3 Å². The van der Waals surface area contributed by atoms with Gasteiger partial charge in [-0.2, -0.15) is 0 Å². The molecule has 0 unspecified atom stereocenters. The largest absolute Gasteiger partial charge is 0.415 e. The molecule has 38 heavy (non-hydrogen) atoms. The van der Waals surface area contributed by atoms with Crippen molar-refractivity contribution >= 4 is 45.0 Å². The molecule has 0 N–H and O–H groups in total. The number of benzene rings is 1. The van der Waals surface area contributed by atoms with E-state index < -0.39 is 5.92 Å². The summed E-state index contributed by atoms with van der Waals surface area (Å²) in [7, 11) is 0. The first-order valence-electron chi connectivity index (χ1n) is 13.2. The van der Waals surface area contributed by atoms with Gasteiger partial charge < -0.3 is 14.2 Å². The number of halogens is 3. The fraction of sp³-hybridized carbons (Fsp3) is 0.429. The minimum Gasteiger partial charge on any atom is -0.415 e. The topological polar surface area (TPSA) is 71.2 Å².